The molecule has 0 spiro atoms. The molecule has 0 aromatic heterocycles. The van der Waals surface area contributed by atoms with Gasteiger partial charge in [0.1, 0.15) is 0 Å². The van der Waals surface area contributed by atoms with Crippen molar-refractivity contribution in [3.63, 3.8) is 0 Å². The Balaban J connectivity index is 0.000000386. The third kappa shape index (κ3) is 5.02. The van der Waals surface area contributed by atoms with Gasteiger partial charge in [0, 0.05) is 11.4 Å². The van der Waals surface area contributed by atoms with Gasteiger partial charge in [-0.15, -0.1) is 11.6 Å². The molecule has 2 heteroatoms. The second kappa shape index (κ2) is 7.99. The maximum Gasteiger partial charge on any atom is 0.229 e. The van der Waals surface area contributed by atoms with E-state index < -0.39 is 0 Å². The van der Waals surface area contributed by atoms with Gasteiger partial charge in [-0.05, 0) is 24.3 Å². The fourth-order valence-electron chi connectivity index (χ4n) is 1.21. The van der Waals surface area contributed by atoms with Crippen LogP contribution in [0.1, 0.15) is 0 Å². The molecule has 0 heterocycles. The van der Waals surface area contributed by atoms with Gasteiger partial charge >= 0.3 is 0 Å². The van der Waals surface area contributed by atoms with Crippen LogP contribution >= 0.6 is 0 Å². The fraction of sp³-hybridized carbons (Fsp3) is 0.143. The highest BCUT2D eigenvalue weighted by atomic mass is 27.1. The van der Waals surface area contributed by atoms with Crippen molar-refractivity contribution in [2.75, 3.05) is 5.32 Å². The Morgan fingerprint density at radius 2 is 1.00 bits per heavy atom. The summed E-state index contributed by atoms with van der Waals surface area (Å²) in [5.74, 6) is 4.53. The van der Waals surface area contributed by atoms with Crippen LogP contribution in [0.4, 0.5) is 11.4 Å². The molecule has 0 unspecified atom stereocenters. The smallest absolute Gasteiger partial charge is 0.229 e. The van der Waals surface area contributed by atoms with Crippen LogP contribution in [0, 0.1) is 0 Å². The van der Waals surface area contributed by atoms with Gasteiger partial charge in [0.25, 0.3) is 0 Å². The quantitative estimate of drug-likeness (QED) is 0.766. The molecular formula is C14H18AlN. The predicted molar refractivity (Wildman–Crippen MR) is 75.0 cm³/mol. The fourth-order valence-corrected chi connectivity index (χ4v) is 1.21. The van der Waals surface area contributed by atoms with Crippen LogP contribution in [0.5, 0.6) is 0 Å². The molecule has 0 fully saturated rings. The van der Waals surface area contributed by atoms with Crippen molar-refractivity contribution in [3.05, 3.63) is 60.7 Å². The number of rotatable bonds is 2. The summed E-state index contributed by atoms with van der Waals surface area (Å²) in [4.78, 5) is 0. The van der Waals surface area contributed by atoms with E-state index in [4.69, 9.17) is 0 Å². The molecule has 0 amide bonds. The van der Waals surface area contributed by atoms with E-state index >= 15 is 0 Å². The Morgan fingerprint density at radius 3 is 1.31 bits per heavy atom. The van der Waals surface area contributed by atoms with Gasteiger partial charge in [0.15, 0.2) is 0 Å². The van der Waals surface area contributed by atoms with E-state index in [2.05, 4.69) is 16.9 Å². The molecular weight excluding hydrogens is 209 g/mol. The standard InChI is InChI=1S/C12H11N.2CH3.Al.H/c1-3-7-11(8-4-1)13-12-9-5-2-6-10-12;;;;/h1-10,13H;2*1H3;;. The van der Waals surface area contributed by atoms with Gasteiger partial charge in [0.05, 0.1) is 0 Å². The topological polar surface area (TPSA) is 12.0 Å². The van der Waals surface area contributed by atoms with Crippen molar-refractivity contribution in [2.45, 2.75) is 11.6 Å². The van der Waals surface area contributed by atoms with E-state index in [9.17, 15) is 0 Å². The van der Waals surface area contributed by atoms with E-state index in [1.807, 2.05) is 60.7 Å². The highest BCUT2D eigenvalue weighted by molar-refractivity contribution is 6.31. The first-order chi connectivity index (χ1) is 7.86. The monoisotopic (exact) mass is 227 g/mol. The summed E-state index contributed by atoms with van der Waals surface area (Å²) in [7, 11) is 0. The number of hydrogen-bond donors (Lipinski definition) is 1. The molecule has 1 N–H and O–H groups in total. The number of benzene rings is 2. The first kappa shape index (κ1) is 12.8. The molecule has 2 aromatic rings. The minimum Gasteiger partial charge on any atom is -0.356 e. The Bertz CT molecular complexity index is 335. The zero-order valence-corrected chi connectivity index (χ0v) is 11.4. The van der Waals surface area contributed by atoms with Crippen molar-refractivity contribution in [2.24, 2.45) is 0 Å². The van der Waals surface area contributed by atoms with Crippen LogP contribution < -0.4 is 5.32 Å². The number of nitrogens with one attached hydrogen (secondary N) is 1. The molecule has 0 aliphatic heterocycles. The molecule has 2 aromatic carbocycles. The second-order valence-electron chi connectivity index (χ2n) is 3.56. The minimum atomic E-state index is 0.417. The molecule has 0 saturated carbocycles. The van der Waals surface area contributed by atoms with Crippen LogP contribution in [0.3, 0.4) is 0 Å². The van der Waals surface area contributed by atoms with E-state index in [-0.39, 0.29) is 0 Å². The van der Waals surface area contributed by atoms with Crippen molar-refractivity contribution in [1.82, 2.24) is 0 Å². The summed E-state index contributed by atoms with van der Waals surface area (Å²) in [5.41, 5.74) is 2.24. The van der Waals surface area contributed by atoms with Crippen molar-refractivity contribution in [3.8, 4) is 0 Å². The van der Waals surface area contributed by atoms with Gasteiger partial charge in [0.2, 0.25) is 15.2 Å². The Labute approximate surface area is 104 Å². The maximum absolute atomic E-state index is 3.30. The van der Waals surface area contributed by atoms with Crippen molar-refractivity contribution >= 4 is 26.6 Å². The summed E-state index contributed by atoms with van der Waals surface area (Å²) in [5, 5.41) is 3.30. The Hall–Kier alpha value is -1.23. The Morgan fingerprint density at radius 1 is 0.688 bits per heavy atom. The van der Waals surface area contributed by atoms with Gasteiger partial charge in [-0.1, -0.05) is 36.4 Å². The van der Waals surface area contributed by atoms with E-state index in [1.165, 1.54) is 0 Å². The first-order valence-electron chi connectivity index (χ1n) is 5.74. The molecule has 0 bridgehead atoms. The van der Waals surface area contributed by atoms with Gasteiger partial charge < -0.3 is 5.32 Å². The summed E-state index contributed by atoms with van der Waals surface area (Å²) in [6.07, 6.45) is 0. The first-order valence-corrected chi connectivity index (χ1v) is 8.56. The predicted octanol–water partition coefficient (Wildman–Crippen LogP) is 3.95. The second-order valence-corrected chi connectivity index (χ2v) is 4.98. The van der Waals surface area contributed by atoms with Crippen LogP contribution in [-0.2, 0) is 0 Å². The number of anilines is 2. The number of hydrogen-bond acceptors (Lipinski definition) is 1. The average molecular weight is 227 g/mol. The van der Waals surface area contributed by atoms with E-state index in [1.54, 1.807) is 0 Å². The molecule has 2 rings (SSSR count). The Kier molecular flexibility index (Phi) is 6.41. The SMILES string of the molecule is [CH3][AlH][CH3].c1ccc(Nc2ccccc2)cc1. The minimum absolute atomic E-state index is 0.417. The molecule has 1 nitrogen and oxygen atoms in total. The lowest BCUT2D eigenvalue weighted by Crippen LogP contribution is -1.87. The molecule has 82 valence electrons. The van der Waals surface area contributed by atoms with E-state index in [0.29, 0.717) is 15.2 Å². The maximum atomic E-state index is 3.30. The molecule has 0 saturated heterocycles. The molecule has 0 radical (unpaired) electrons. The van der Waals surface area contributed by atoms with Crippen LogP contribution in [0.25, 0.3) is 0 Å². The normalized spacial score (nSPS) is 8.62. The highest BCUT2D eigenvalue weighted by Crippen LogP contribution is 2.14. The molecule has 16 heavy (non-hydrogen) atoms. The van der Waals surface area contributed by atoms with E-state index in [0.717, 1.165) is 11.4 Å². The lowest BCUT2D eigenvalue weighted by atomic mass is 10.3. The summed E-state index contributed by atoms with van der Waals surface area (Å²) in [6.45, 7) is 0. The third-order valence-electron chi connectivity index (χ3n) is 1.84. The lowest BCUT2D eigenvalue weighted by molar-refractivity contribution is 1.55. The summed E-state index contributed by atoms with van der Waals surface area (Å²) < 4.78 is 0. The van der Waals surface area contributed by atoms with Crippen molar-refractivity contribution in [1.29, 1.82) is 0 Å². The average Bonchev–Trinajstić information content (AvgIpc) is 2.33. The molecule has 0 aliphatic rings. The summed E-state index contributed by atoms with van der Waals surface area (Å²) in [6, 6.07) is 20.3. The zero-order chi connectivity index (χ0) is 11.6. The largest absolute Gasteiger partial charge is 0.356 e. The van der Waals surface area contributed by atoms with Crippen molar-refractivity contribution < 1.29 is 0 Å². The summed E-state index contributed by atoms with van der Waals surface area (Å²) >= 11 is 0.417. The zero-order valence-electron chi connectivity index (χ0n) is 9.98. The highest BCUT2D eigenvalue weighted by Gasteiger charge is 1.89. The lowest BCUT2D eigenvalue weighted by Gasteiger charge is -2.04. The molecule has 0 atom stereocenters. The van der Waals surface area contributed by atoms with Crippen LogP contribution in [0.15, 0.2) is 60.7 Å². The van der Waals surface area contributed by atoms with Gasteiger partial charge in [-0.3, -0.25) is 0 Å². The molecule has 0 aliphatic carbocycles. The van der Waals surface area contributed by atoms with Crippen LogP contribution in [-0.4, -0.2) is 15.2 Å². The van der Waals surface area contributed by atoms with Gasteiger partial charge in [-0.2, -0.15) is 0 Å². The van der Waals surface area contributed by atoms with Gasteiger partial charge in [-0.25, -0.2) is 0 Å². The van der Waals surface area contributed by atoms with Crippen LogP contribution in [0.2, 0.25) is 11.6 Å². The third-order valence-corrected chi connectivity index (χ3v) is 1.84. The number of para-hydroxylation sites is 2.